The maximum atomic E-state index is 11.0. The van der Waals surface area contributed by atoms with Gasteiger partial charge in [-0.1, -0.05) is 0 Å². The number of hydrogen-bond acceptors (Lipinski definition) is 5. The summed E-state index contributed by atoms with van der Waals surface area (Å²) in [5, 5.41) is 9.04. The summed E-state index contributed by atoms with van der Waals surface area (Å²) in [5.41, 5.74) is 2.03. The van der Waals surface area contributed by atoms with E-state index in [1.54, 1.807) is 18.4 Å². The molecular formula is C17H19NO4S. The molecule has 0 fully saturated rings. The number of carbonyl (C=O) groups is 1. The molecule has 1 aliphatic heterocycles. The van der Waals surface area contributed by atoms with E-state index in [1.807, 2.05) is 11.0 Å². The van der Waals surface area contributed by atoms with Crippen molar-refractivity contribution < 1.29 is 19.4 Å². The molecule has 2 aromatic rings. The number of aliphatic carboxylic acids is 1. The van der Waals surface area contributed by atoms with Gasteiger partial charge >= 0.3 is 5.97 Å². The summed E-state index contributed by atoms with van der Waals surface area (Å²) < 4.78 is 11.3. The molecule has 1 aromatic carbocycles. The predicted octanol–water partition coefficient (Wildman–Crippen LogP) is 3.01. The molecule has 0 saturated carbocycles. The van der Waals surface area contributed by atoms with Crippen molar-refractivity contribution in [2.24, 2.45) is 0 Å². The van der Waals surface area contributed by atoms with E-state index in [1.165, 1.54) is 4.88 Å². The third-order valence-corrected chi connectivity index (χ3v) is 4.83. The Labute approximate surface area is 139 Å². The Morgan fingerprint density at radius 1 is 1.43 bits per heavy atom. The van der Waals surface area contributed by atoms with E-state index in [2.05, 4.69) is 25.1 Å². The molecule has 23 heavy (non-hydrogen) atoms. The fraction of sp³-hybridized carbons (Fsp3) is 0.353. The van der Waals surface area contributed by atoms with Crippen molar-refractivity contribution in [1.29, 1.82) is 0 Å². The number of carboxylic acids is 1. The minimum atomic E-state index is -0.828. The van der Waals surface area contributed by atoms with Crippen molar-refractivity contribution in [3.8, 4) is 21.9 Å². The third kappa shape index (κ3) is 3.48. The zero-order valence-corrected chi connectivity index (χ0v) is 14.0. The van der Waals surface area contributed by atoms with Gasteiger partial charge in [0.1, 0.15) is 6.61 Å². The average molecular weight is 333 g/mol. The van der Waals surface area contributed by atoms with E-state index in [0.29, 0.717) is 25.4 Å². The monoisotopic (exact) mass is 333 g/mol. The molecule has 3 rings (SSSR count). The van der Waals surface area contributed by atoms with Crippen LogP contribution >= 0.6 is 11.3 Å². The highest BCUT2D eigenvalue weighted by molar-refractivity contribution is 7.15. The van der Waals surface area contributed by atoms with Crippen LogP contribution in [0.3, 0.4) is 0 Å². The van der Waals surface area contributed by atoms with E-state index < -0.39 is 5.97 Å². The summed E-state index contributed by atoms with van der Waals surface area (Å²) in [6.45, 7) is 3.65. The molecule has 0 amide bonds. The summed E-state index contributed by atoms with van der Waals surface area (Å²) in [4.78, 5) is 15.3. The Morgan fingerprint density at radius 2 is 2.26 bits per heavy atom. The zero-order chi connectivity index (χ0) is 16.4. The van der Waals surface area contributed by atoms with Crippen LogP contribution in [0.1, 0.15) is 10.4 Å². The van der Waals surface area contributed by atoms with Crippen LogP contribution in [0.15, 0.2) is 24.3 Å². The number of fused-ring (bicyclic) bond motifs is 1. The van der Waals surface area contributed by atoms with Gasteiger partial charge in [-0.15, -0.1) is 11.3 Å². The first kappa shape index (κ1) is 15.8. The summed E-state index contributed by atoms with van der Waals surface area (Å²) >= 11 is 1.72. The first-order valence-electron chi connectivity index (χ1n) is 7.41. The summed E-state index contributed by atoms with van der Waals surface area (Å²) in [5.74, 6) is 0.587. The van der Waals surface area contributed by atoms with Crippen molar-refractivity contribution in [3.05, 3.63) is 34.7 Å². The molecule has 5 nitrogen and oxygen atoms in total. The van der Waals surface area contributed by atoms with E-state index >= 15 is 0 Å². The van der Waals surface area contributed by atoms with Gasteiger partial charge in [0.05, 0.1) is 13.7 Å². The summed E-state index contributed by atoms with van der Waals surface area (Å²) in [6, 6.07) is 8.24. The minimum Gasteiger partial charge on any atom is -0.493 e. The minimum absolute atomic E-state index is 0.00739. The molecule has 0 radical (unpaired) electrons. The van der Waals surface area contributed by atoms with Crippen LogP contribution in [-0.2, 0) is 11.3 Å². The number of ether oxygens (including phenoxy) is 2. The second kappa shape index (κ2) is 6.60. The SMILES string of the molecule is COc1cc(-c2ccc(C)s2)cc2c1OCCN(CC(=O)O)C2. The molecule has 0 spiro atoms. The molecule has 2 heterocycles. The molecule has 122 valence electrons. The summed E-state index contributed by atoms with van der Waals surface area (Å²) in [7, 11) is 1.63. The van der Waals surface area contributed by atoms with Crippen LogP contribution in [0.4, 0.5) is 0 Å². The number of benzene rings is 1. The smallest absolute Gasteiger partial charge is 0.317 e. The third-order valence-electron chi connectivity index (χ3n) is 3.78. The lowest BCUT2D eigenvalue weighted by atomic mass is 10.1. The second-order valence-electron chi connectivity index (χ2n) is 5.53. The lowest BCUT2D eigenvalue weighted by molar-refractivity contribution is -0.138. The number of rotatable bonds is 4. The zero-order valence-electron chi connectivity index (χ0n) is 13.2. The van der Waals surface area contributed by atoms with Crippen LogP contribution in [0, 0.1) is 6.92 Å². The predicted molar refractivity (Wildman–Crippen MR) is 89.5 cm³/mol. The maximum absolute atomic E-state index is 11.0. The average Bonchev–Trinajstić information content (AvgIpc) is 2.83. The van der Waals surface area contributed by atoms with Gasteiger partial charge in [-0.25, -0.2) is 0 Å². The number of nitrogens with zero attached hydrogens (tertiary/aromatic N) is 1. The van der Waals surface area contributed by atoms with Gasteiger partial charge in [-0.2, -0.15) is 0 Å². The molecule has 0 unspecified atom stereocenters. The number of hydrogen-bond donors (Lipinski definition) is 1. The molecule has 0 saturated heterocycles. The Bertz CT molecular complexity index is 725. The lowest BCUT2D eigenvalue weighted by Crippen LogP contribution is -2.31. The lowest BCUT2D eigenvalue weighted by Gasteiger charge is -2.17. The van der Waals surface area contributed by atoms with Gasteiger partial charge < -0.3 is 14.6 Å². The molecule has 0 aliphatic carbocycles. The normalized spacial score (nSPS) is 14.7. The van der Waals surface area contributed by atoms with Crippen molar-refractivity contribution in [1.82, 2.24) is 4.90 Å². The molecule has 1 aromatic heterocycles. The van der Waals surface area contributed by atoms with Gasteiger partial charge in [0.2, 0.25) is 0 Å². The Kier molecular flexibility index (Phi) is 4.54. The molecule has 6 heteroatoms. The van der Waals surface area contributed by atoms with E-state index in [0.717, 1.165) is 21.8 Å². The maximum Gasteiger partial charge on any atom is 0.317 e. The Hall–Kier alpha value is -2.05. The first-order valence-corrected chi connectivity index (χ1v) is 8.23. The van der Waals surface area contributed by atoms with E-state index in [4.69, 9.17) is 14.6 Å². The fourth-order valence-electron chi connectivity index (χ4n) is 2.75. The van der Waals surface area contributed by atoms with Gasteiger partial charge in [0.25, 0.3) is 0 Å². The molecule has 0 atom stereocenters. The number of methoxy groups -OCH3 is 1. The highest BCUT2D eigenvalue weighted by Crippen LogP contribution is 2.39. The van der Waals surface area contributed by atoms with Crippen LogP contribution in [0.2, 0.25) is 0 Å². The van der Waals surface area contributed by atoms with Crippen LogP contribution in [-0.4, -0.2) is 42.8 Å². The second-order valence-corrected chi connectivity index (χ2v) is 6.82. The Balaban J connectivity index is 2.00. The van der Waals surface area contributed by atoms with Crippen molar-refractivity contribution in [3.63, 3.8) is 0 Å². The van der Waals surface area contributed by atoms with E-state index in [-0.39, 0.29) is 6.54 Å². The van der Waals surface area contributed by atoms with Crippen LogP contribution in [0.25, 0.3) is 10.4 Å². The molecular weight excluding hydrogens is 314 g/mol. The fourth-order valence-corrected chi connectivity index (χ4v) is 3.60. The van der Waals surface area contributed by atoms with Crippen molar-refractivity contribution in [2.45, 2.75) is 13.5 Å². The van der Waals surface area contributed by atoms with Crippen LogP contribution < -0.4 is 9.47 Å². The highest BCUT2D eigenvalue weighted by Gasteiger charge is 2.22. The van der Waals surface area contributed by atoms with Crippen molar-refractivity contribution in [2.75, 3.05) is 26.8 Å². The standard InChI is InChI=1S/C17H19NO4S/c1-11-3-4-15(23-11)12-7-13-9-18(10-16(19)20)5-6-22-17(13)14(8-12)21-2/h3-4,7-8H,5-6,9-10H2,1-2H3,(H,19,20). The van der Waals surface area contributed by atoms with E-state index in [9.17, 15) is 4.79 Å². The summed E-state index contributed by atoms with van der Waals surface area (Å²) in [6.07, 6.45) is 0. The van der Waals surface area contributed by atoms with Gasteiger partial charge in [-0.05, 0) is 36.8 Å². The van der Waals surface area contributed by atoms with Gasteiger partial charge in [0.15, 0.2) is 11.5 Å². The quantitative estimate of drug-likeness (QED) is 0.932. The van der Waals surface area contributed by atoms with Gasteiger partial charge in [0, 0.05) is 28.4 Å². The molecule has 1 aliphatic rings. The number of aryl methyl sites for hydroxylation is 1. The molecule has 0 bridgehead atoms. The number of carboxylic acid groups (broad SMARTS) is 1. The topological polar surface area (TPSA) is 59.0 Å². The molecule has 1 N–H and O–H groups in total. The Morgan fingerprint density at radius 3 is 2.91 bits per heavy atom. The van der Waals surface area contributed by atoms with Gasteiger partial charge in [-0.3, -0.25) is 9.69 Å². The largest absolute Gasteiger partial charge is 0.493 e. The van der Waals surface area contributed by atoms with Crippen molar-refractivity contribution >= 4 is 17.3 Å². The highest BCUT2D eigenvalue weighted by atomic mass is 32.1. The first-order chi connectivity index (χ1) is 11.1. The number of thiophene rings is 1. The van der Waals surface area contributed by atoms with Crippen LogP contribution in [0.5, 0.6) is 11.5 Å².